The number of aryl methyl sites for hydroxylation is 1. The molecular formula is C9H14N4O. The van der Waals surface area contributed by atoms with E-state index in [1.54, 1.807) is 6.20 Å². The standard InChI is InChI=1S/C9H14N4O/c1-2-13-6-8(5-11-13)12-9-7-14-4-3-10-9/h5-6H,2-4,7H2,1H3,(H,10,12). The highest BCUT2D eigenvalue weighted by molar-refractivity contribution is 5.96. The Balaban J connectivity index is 1.99. The lowest BCUT2D eigenvalue weighted by atomic mass is 10.4. The third-order valence-electron chi connectivity index (χ3n) is 2.02. The number of amidine groups is 1. The molecule has 1 aromatic heterocycles. The van der Waals surface area contributed by atoms with E-state index in [-0.39, 0.29) is 0 Å². The Kier molecular flexibility index (Phi) is 2.78. The predicted molar refractivity (Wildman–Crippen MR) is 54.6 cm³/mol. The number of nitrogens with one attached hydrogen (secondary N) is 1. The molecule has 0 saturated carbocycles. The van der Waals surface area contributed by atoms with Crippen molar-refractivity contribution < 1.29 is 4.74 Å². The highest BCUT2D eigenvalue weighted by Crippen LogP contribution is 2.05. The summed E-state index contributed by atoms with van der Waals surface area (Å²) >= 11 is 0. The molecule has 14 heavy (non-hydrogen) atoms. The monoisotopic (exact) mass is 194 g/mol. The first-order valence-electron chi connectivity index (χ1n) is 4.79. The van der Waals surface area contributed by atoms with Crippen molar-refractivity contribution in [3.8, 4) is 0 Å². The van der Waals surface area contributed by atoms with Gasteiger partial charge in [0.1, 0.15) is 12.4 Å². The largest absolute Gasteiger partial charge is 0.372 e. The van der Waals surface area contributed by atoms with Crippen LogP contribution in [0.2, 0.25) is 0 Å². The van der Waals surface area contributed by atoms with Crippen LogP contribution in [0, 0.1) is 0 Å². The molecule has 1 aromatic rings. The second kappa shape index (κ2) is 4.23. The van der Waals surface area contributed by atoms with E-state index in [4.69, 9.17) is 4.74 Å². The van der Waals surface area contributed by atoms with Gasteiger partial charge in [-0.05, 0) is 6.92 Å². The normalized spacial score (nSPS) is 16.5. The number of anilines is 1. The molecule has 5 nitrogen and oxygen atoms in total. The molecular weight excluding hydrogens is 180 g/mol. The van der Waals surface area contributed by atoms with Gasteiger partial charge in [-0.2, -0.15) is 5.10 Å². The Morgan fingerprint density at radius 2 is 2.57 bits per heavy atom. The van der Waals surface area contributed by atoms with Crippen molar-refractivity contribution in [2.24, 2.45) is 4.99 Å². The van der Waals surface area contributed by atoms with Gasteiger partial charge in [0.25, 0.3) is 0 Å². The zero-order chi connectivity index (χ0) is 9.80. The molecule has 0 atom stereocenters. The number of rotatable bonds is 2. The molecule has 0 bridgehead atoms. The number of ether oxygens (including phenoxy) is 1. The number of hydrogen-bond acceptors (Lipinski definition) is 4. The van der Waals surface area contributed by atoms with E-state index in [9.17, 15) is 0 Å². The Bertz CT molecular complexity index is 331. The fraction of sp³-hybridized carbons (Fsp3) is 0.556. The minimum absolute atomic E-state index is 0.567. The Labute approximate surface area is 82.8 Å². The Morgan fingerprint density at radius 3 is 3.21 bits per heavy atom. The van der Waals surface area contributed by atoms with Crippen LogP contribution in [0.5, 0.6) is 0 Å². The summed E-state index contributed by atoms with van der Waals surface area (Å²) in [4.78, 5) is 4.30. The fourth-order valence-corrected chi connectivity index (χ4v) is 1.30. The summed E-state index contributed by atoms with van der Waals surface area (Å²) in [7, 11) is 0. The van der Waals surface area contributed by atoms with E-state index in [1.165, 1.54) is 0 Å². The summed E-state index contributed by atoms with van der Waals surface area (Å²) in [5, 5.41) is 7.34. The lowest BCUT2D eigenvalue weighted by Crippen LogP contribution is -2.24. The highest BCUT2D eigenvalue weighted by Gasteiger charge is 2.06. The van der Waals surface area contributed by atoms with E-state index in [0.717, 1.165) is 31.2 Å². The SMILES string of the molecule is CCn1cc(NC2=NCCOC2)cn1. The summed E-state index contributed by atoms with van der Waals surface area (Å²) in [6.07, 6.45) is 3.75. The van der Waals surface area contributed by atoms with E-state index in [0.29, 0.717) is 6.61 Å². The van der Waals surface area contributed by atoms with Crippen molar-refractivity contribution >= 4 is 11.5 Å². The summed E-state index contributed by atoms with van der Waals surface area (Å²) in [6, 6.07) is 0. The van der Waals surface area contributed by atoms with E-state index in [2.05, 4.69) is 22.3 Å². The molecule has 0 aliphatic carbocycles. The molecule has 2 rings (SSSR count). The zero-order valence-electron chi connectivity index (χ0n) is 8.23. The first-order chi connectivity index (χ1) is 6.88. The maximum Gasteiger partial charge on any atom is 0.127 e. The molecule has 2 heterocycles. The van der Waals surface area contributed by atoms with Crippen molar-refractivity contribution in [1.82, 2.24) is 9.78 Å². The molecule has 0 spiro atoms. The van der Waals surface area contributed by atoms with Gasteiger partial charge in [0.05, 0.1) is 25.0 Å². The Hall–Kier alpha value is -1.36. The van der Waals surface area contributed by atoms with Gasteiger partial charge in [-0.1, -0.05) is 0 Å². The molecule has 0 unspecified atom stereocenters. The summed E-state index contributed by atoms with van der Waals surface area (Å²) < 4.78 is 7.13. The van der Waals surface area contributed by atoms with Crippen LogP contribution in [0.25, 0.3) is 0 Å². The van der Waals surface area contributed by atoms with Crippen molar-refractivity contribution in [3.63, 3.8) is 0 Å². The lowest BCUT2D eigenvalue weighted by Gasteiger charge is -2.13. The lowest BCUT2D eigenvalue weighted by molar-refractivity contribution is 0.171. The van der Waals surface area contributed by atoms with Gasteiger partial charge in [-0.15, -0.1) is 0 Å². The second-order valence-corrected chi connectivity index (χ2v) is 3.09. The average Bonchev–Trinajstić information content (AvgIpc) is 2.67. The van der Waals surface area contributed by atoms with Gasteiger partial charge in [0, 0.05) is 12.7 Å². The molecule has 0 amide bonds. The molecule has 0 fully saturated rings. The number of hydrogen-bond donors (Lipinski definition) is 1. The minimum atomic E-state index is 0.567. The first-order valence-corrected chi connectivity index (χ1v) is 4.79. The quantitative estimate of drug-likeness (QED) is 0.755. The van der Waals surface area contributed by atoms with Gasteiger partial charge >= 0.3 is 0 Å². The molecule has 0 saturated heterocycles. The van der Waals surface area contributed by atoms with Crippen molar-refractivity contribution in [3.05, 3.63) is 12.4 Å². The molecule has 1 aliphatic rings. The topological polar surface area (TPSA) is 51.4 Å². The van der Waals surface area contributed by atoms with Crippen LogP contribution in [0.3, 0.4) is 0 Å². The number of nitrogens with zero attached hydrogens (tertiary/aromatic N) is 3. The summed E-state index contributed by atoms with van der Waals surface area (Å²) in [6.45, 7) is 4.96. The number of aromatic nitrogens is 2. The Morgan fingerprint density at radius 1 is 1.64 bits per heavy atom. The maximum absolute atomic E-state index is 5.27. The first kappa shape index (κ1) is 9.21. The second-order valence-electron chi connectivity index (χ2n) is 3.09. The summed E-state index contributed by atoms with van der Waals surface area (Å²) in [5.74, 6) is 0.881. The van der Waals surface area contributed by atoms with Gasteiger partial charge in [0.15, 0.2) is 0 Å². The molecule has 5 heteroatoms. The zero-order valence-corrected chi connectivity index (χ0v) is 8.23. The van der Waals surface area contributed by atoms with E-state index < -0.39 is 0 Å². The smallest absolute Gasteiger partial charge is 0.127 e. The minimum Gasteiger partial charge on any atom is -0.372 e. The fourth-order valence-electron chi connectivity index (χ4n) is 1.30. The third-order valence-corrected chi connectivity index (χ3v) is 2.02. The van der Waals surface area contributed by atoms with Crippen LogP contribution in [0.4, 0.5) is 5.69 Å². The van der Waals surface area contributed by atoms with Gasteiger partial charge in [-0.25, -0.2) is 0 Å². The molecule has 76 valence electrons. The number of aliphatic imine (C=N–C) groups is 1. The van der Waals surface area contributed by atoms with Crippen molar-refractivity contribution in [2.75, 3.05) is 25.1 Å². The van der Waals surface area contributed by atoms with Crippen LogP contribution in [-0.2, 0) is 11.3 Å². The van der Waals surface area contributed by atoms with Gasteiger partial charge < -0.3 is 10.1 Å². The van der Waals surface area contributed by atoms with Crippen LogP contribution in [-0.4, -0.2) is 35.4 Å². The van der Waals surface area contributed by atoms with E-state index in [1.807, 2.05) is 10.9 Å². The van der Waals surface area contributed by atoms with E-state index >= 15 is 0 Å². The maximum atomic E-state index is 5.27. The van der Waals surface area contributed by atoms with Crippen LogP contribution >= 0.6 is 0 Å². The van der Waals surface area contributed by atoms with Crippen LogP contribution in [0.15, 0.2) is 17.4 Å². The predicted octanol–water partition coefficient (Wildman–Crippen LogP) is 0.744. The van der Waals surface area contributed by atoms with Gasteiger partial charge in [-0.3, -0.25) is 9.67 Å². The molecule has 1 aliphatic heterocycles. The summed E-state index contributed by atoms with van der Waals surface area (Å²) in [5.41, 5.74) is 0.969. The van der Waals surface area contributed by atoms with Crippen LogP contribution < -0.4 is 5.32 Å². The van der Waals surface area contributed by atoms with Crippen molar-refractivity contribution in [1.29, 1.82) is 0 Å². The highest BCUT2D eigenvalue weighted by atomic mass is 16.5. The third kappa shape index (κ3) is 2.11. The van der Waals surface area contributed by atoms with Gasteiger partial charge in [0.2, 0.25) is 0 Å². The molecule has 1 N–H and O–H groups in total. The van der Waals surface area contributed by atoms with Crippen LogP contribution in [0.1, 0.15) is 6.92 Å². The molecule has 0 radical (unpaired) electrons. The average molecular weight is 194 g/mol. The molecule has 0 aromatic carbocycles. The van der Waals surface area contributed by atoms with Crippen molar-refractivity contribution in [2.45, 2.75) is 13.5 Å².